The maximum atomic E-state index is 10.7. The van der Waals surface area contributed by atoms with Crippen LogP contribution in [-0.4, -0.2) is 15.6 Å². The number of nitrogens with one attached hydrogen (secondary N) is 1. The second-order valence-electron chi connectivity index (χ2n) is 0.615. The molecule has 0 aliphatic carbocycles. The molecule has 2 nitrogen and oxygen atoms in total. The van der Waals surface area contributed by atoms with Gasteiger partial charge in [0.15, 0.2) is 0 Å². The second kappa shape index (κ2) is 3.04. The minimum Gasteiger partial charge on any atom is -0.379 e. The van der Waals surface area contributed by atoms with E-state index in [1.807, 2.05) is 0 Å². The third-order valence-electron chi connectivity index (χ3n) is 0.274. The smallest absolute Gasteiger partial charge is 0.294 e. The molecule has 0 saturated carbocycles. The van der Waals surface area contributed by atoms with Crippen LogP contribution in [-0.2, 0) is 4.94 Å². The van der Waals surface area contributed by atoms with Crippen molar-refractivity contribution in [2.45, 2.75) is 0 Å². The number of halogens is 1. The van der Waals surface area contributed by atoms with Crippen LogP contribution in [0, 0.1) is 0 Å². The first-order chi connectivity index (χ1) is 2.81. The summed E-state index contributed by atoms with van der Waals surface area (Å²) in [6.45, 7) is 0. The van der Waals surface area contributed by atoms with Gasteiger partial charge in [-0.2, -0.15) is 0 Å². The molecule has 0 radical (unpaired) electrons. The van der Waals surface area contributed by atoms with Crippen LogP contribution < -0.4 is 4.98 Å². The molecule has 0 heterocycles. The average Bonchev–Trinajstić information content (AvgIpc) is 1.65. The van der Waals surface area contributed by atoms with Crippen LogP contribution in [0.25, 0.3) is 0 Å². The fraction of sp³-hybridized carbons (Fsp3) is 0. The number of hydrogen-bond donors (Lipinski definition) is 1. The zero-order valence-corrected chi connectivity index (χ0v) is 6.01. The molecule has 0 aliphatic rings. The van der Waals surface area contributed by atoms with E-state index in [4.69, 9.17) is 0 Å². The quantitative estimate of drug-likeness (QED) is 0.333. The van der Waals surface area contributed by atoms with Gasteiger partial charge in [0, 0.05) is 4.53 Å². The molecule has 0 aromatic rings. The van der Waals surface area contributed by atoms with Crippen molar-refractivity contribution >= 4 is 27.8 Å². The van der Waals surface area contributed by atoms with Crippen molar-refractivity contribution in [3.05, 3.63) is 0 Å². The van der Waals surface area contributed by atoms with Crippen molar-refractivity contribution in [2.24, 2.45) is 0 Å². The molecule has 0 saturated heterocycles. The predicted molar refractivity (Wildman–Crippen MR) is 27.9 cm³/mol. The van der Waals surface area contributed by atoms with Crippen molar-refractivity contribution < 1.29 is 9.47 Å². The Morgan fingerprint density at radius 2 is 2.50 bits per heavy atom. The van der Waals surface area contributed by atoms with Gasteiger partial charge in [0.25, 0.3) is 5.17 Å². The lowest BCUT2D eigenvalue weighted by atomic mass is 11.4. The molecule has 0 aliphatic heterocycles. The van der Waals surface area contributed by atoms with E-state index in [9.17, 15) is 4.53 Å². The minimum absolute atomic E-state index is 0.179. The summed E-state index contributed by atoms with van der Waals surface area (Å²) in [5, 5.41) is -0.179. The highest BCUT2D eigenvalue weighted by molar-refractivity contribution is 7.80. The van der Waals surface area contributed by atoms with E-state index in [1.165, 1.54) is 0 Å². The van der Waals surface area contributed by atoms with Crippen LogP contribution in [0.2, 0.25) is 0 Å². The van der Waals surface area contributed by atoms with Gasteiger partial charge in [0.1, 0.15) is 10.4 Å². The van der Waals surface area contributed by atoms with Crippen LogP contribution in [0.1, 0.15) is 0 Å². The fourth-order valence-corrected chi connectivity index (χ4v) is 0.116. The Balaban J connectivity index is 2.99. The van der Waals surface area contributed by atoms with Gasteiger partial charge >= 0.3 is 0 Å². The summed E-state index contributed by atoms with van der Waals surface area (Å²) >= 11 is 4.18. The predicted octanol–water partition coefficient (Wildman–Crippen LogP) is -0.958. The molecule has 0 aromatic heterocycles. The van der Waals surface area contributed by atoms with E-state index in [2.05, 4.69) is 22.1 Å². The molecule has 0 rings (SSSR count). The van der Waals surface area contributed by atoms with Crippen molar-refractivity contribution in [3.8, 4) is 0 Å². The molecular weight excluding hydrogens is 121 g/mol. The molecule has 5 heteroatoms. The van der Waals surface area contributed by atoms with Gasteiger partial charge in [0.2, 0.25) is 0 Å². The van der Waals surface area contributed by atoms with Crippen LogP contribution in [0.15, 0.2) is 0 Å². The third kappa shape index (κ3) is 2.10. The van der Waals surface area contributed by atoms with Crippen molar-refractivity contribution in [2.75, 3.05) is 0 Å². The van der Waals surface area contributed by atoms with Crippen LogP contribution in [0.5, 0.6) is 0 Å². The summed E-state index contributed by atoms with van der Waals surface area (Å²) in [5.41, 5.74) is 0. The highest BCUT2D eigenvalue weighted by atomic mass is 32.1. The number of thiocarbonyl (C=S) groups is 1. The Labute approximate surface area is 43.1 Å². The van der Waals surface area contributed by atoms with E-state index in [1.54, 1.807) is 0 Å². The summed E-state index contributed by atoms with van der Waals surface area (Å²) in [6.07, 6.45) is 0. The van der Waals surface area contributed by atoms with Crippen LogP contribution >= 0.6 is 12.2 Å². The van der Waals surface area contributed by atoms with Gasteiger partial charge in [0.05, 0.1) is 0 Å². The molecule has 0 bridgehead atoms. The Kier molecular flexibility index (Phi) is 2.96. The third-order valence-corrected chi connectivity index (χ3v) is 1.36. The SMILES string of the molecule is FOC(=S)N[SiH3]. The molecule has 0 atom stereocenters. The molecule has 36 valence electrons. The molecule has 6 heavy (non-hydrogen) atoms. The summed E-state index contributed by atoms with van der Waals surface area (Å²) in [4.78, 5) is 5.44. The number of rotatable bonds is 0. The molecule has 1 N–H and O–H groups in total. The monoisotopic (exact) mass is 125 g/mol. The Hall–Kier alpha value is -0.163. The average molecular weight is 125 g/mol. The lowest BCUT2D eigenvalue weighted by Crippen LogP contribution is -2.16. The van der Waals surface area contributed by atoms with Crippen LogP contribution in [0.4, 0.5) is 4.53 Å². The van der Waals surface area contributed by atoms with E-state index in [-0.39, 0.29) is 5.17 Å². The second-order valence-corrected chi connectivity index (χ2v) is 1.49. The highest BCUT2D eigenvalue weighted by Gasteiger charge is 1.83. The maximum absolute atomic E-state index is 10.7. The maximum Gasteiger partial charge on any atom is 0.294 e. The molecule has 0 aromatic carbocycles. The summed E-state index contributed by atoms with van der Waals surface area (Å²) < 4.78 is 10.7. The lowest BCUT2D eigenvalue weighted by molar-refractivity contribution is -0.0227. The van der Waals surface area contributed by atoms with E-state index in [0.29, 0.717) is 10.4 Å². The Bertz CT molecular complexity index is 53.5. The van der Waals surface area contributed by atoms with E-state index >= 15 is 0 Å². The number of hydrogen-bond acceptors (Lipinski definition) is 2. The summed E-state index contributed by atoms with van der Waals surface area (Å²) in [5.74, 6) is 0. The normalized spacial score (nSPS) is 7.50. The Morgan fingerprint density at radius 3 is 2.50 bits per heavy atom. The fourth-order valence-electron chi connectivity index (χ4n) is 0.0386. The van der Waals surface area contributed by atoms with Gasteiger partial charge in [-0.25, -0.2) is 0 Å². The van der Waals surface area contributed by atoms with Crippen molar-refractivity contribution in [1.82, 2.24) is 4.98 Å². The molecular formula is CH4FNOSSi. The van der Waals surface area contributed by atoms with E-state index < -0.39 is 0 Å². The summed E-state index contributed by atoms with van der Waals surface area (Å²) in [6, 6.07) is 0. The van der Waals surface area contributed by atoms with Gasteiger partial charge < -0.3 is 4.98 Å². The van der Waals surface area contributed by atoms with Crippen LogP contribution in [0.3, 0.4) is 0 Å². The largest absolute Gasteiger partial charge is 0.379 e. The zero-order valence-electron chi connectivity index (χ0n) is 3.19. The minimum atomic E-state index is -0.179. The van der Waals surface area contributed by atoms with Gasteiger partial charge in [-0.1, -0.05) is 0 Å². The standard InChI is InChI=1S/CH4FNOSSi/c2-4-1(5)3-6/h6H3,(H,3,5). The first kappa shape index (κ1) is 5.84. The molecule has 0 spiro atoms. The van der Waals surface area contributed by atoms with Crippen molar-refractivity contribution in [3.63, 3.8) is 0 Å². The van der Waals surface area contributed by atoms with Gasteiger partial charge in [-0.05, 0) is 12.2 Å². The zero-order chi connectivity index (χ0) is 4.99. The van der Waals surface area contributed by atoms with Gasteiger partial charge in [-0.15, -0.1) is 0 Å². The topological polar surface area (TPSA) is 21.3 Å². The van der Waals surface area contributed by atoms with Gasteiger partial charge in [-0.3, -0.25) is 4.94 Å². The Morgan fingerprint density at radius 1 is 2.00 bits per heavy atom. The molecule has 0 unspecified atom stereocenters. The van der Waals surface area contributed by atoms with Crippen molar-refractivity contribution in [1.29, 1.82) is 0 Å². The molecule has 0 amide bonds. The van der Waals surface area contributed by atoms with E-state index in [0.717, 1.165) is 0 Å². The first-order valence-corrected chi connectivity index (χ1v) is 2.72. The molecule has 0 fully saturated rings. The first-order valence-electron chi connectivity index (χ1n) is 1.31. The highest BCUT2D eigenvalue weighted by Crippen LogP contribution is 1.71. The lowest BCUT2D eigenvalue weighted by Gasteiger charge is -1.88. The summed E-state index contributed by atoms with van der Waals surface area (Å²) in [7, 11) is 0.626.